The molecule has 0 spiro atoms. The van der Waals surface area contributed by atoms with Crippen molar-refractivity contribution in [3.63, 3.8) is 0 Å². The monoisotopic (exact) mass is 343 g/mol. The van der Waals surface area contributed by atoms with Crippen LogP contribution in [0.5, 0.6) is 0 Å². The molecule has 4 aromatic rings. The average Bonchev–Trinajstić information content (AvgIpc) is 3.10. The van der Waals surface area contributed by atoms with Crippen LogP contribution in [-0.2, 0) is 6.54 Å². The minimum atomic E-state index is -0.0625. The van der Waals surface area contributed by atoms with E-state index in [2.05, 4.69) is 11.1 Å². The SMILES string of the molecule is N#Cc1cccc(Cn2cnc3scc(-c4ccccc4)c3c2=O)c1. The lowest BCUT2D eigenvalue weighted by molar-refractivity contribution is 0.749. The van der Waals surface area contributed by atoms with Crippen LogP contribution in [0.4, 0.5) is 0 Å². The van der Waals surface area contributed by atoms with Crippen LogP contribution in [-0.4, -0.2) is 9.55 Å². The molecule has 120 valence electrons. The fraction of sp³-hybridized carbons (Fsp3) is 0.0500. The highest BCUT2D eigenvalue weighted by atomic mass is 32.1. The number of hydrogen-bond acceptors (Lipinski definition) is 4. The summed E-state index contributed by atoms with van der Waals surface area (Å²) in [6.07, 6.45) is 1.58. The van der Waals surface area contributed by atoms with Gasteiger partial charge in [0.2, 0.25) is 0 Å². The van der Waals surface area contributed by atoms with Crippen molar-refractivity contribution < 1.29 is 0 Å². The minimum Gasteiger partial charge on any atom is -0.294 e. The maximum atomic E-state index is 13.0. The van der Waals surface area contributed by atoms with Crippen LogP contribution in [0.2, 0.25) is 0 Å². The molecule has 2 heterocycles. The van der Waals surface area contributed by atoms with Gasteiger partial charge in [0.15, 0.2) is 0 Å². The van der Waals surface area contributed by atoms with Crippen molar-refractivity contribution in [3.8, 4) is 17.2 Å². The first-order chi connectivity index (χ1) is 12.3. The molecule has 0 bridgehead atoms. The number of nitrogens with zero attached hydrogens (tertiary/aromatic N) is 3. The Labute approximate surface area is 148 Å². The van der Waals surface area contributed by atoms with E-state index in [0.717, 1.165) is 21.5 Å². The number of nitriles is 1. The predicted octanol–water partition coefficient (Wildman–Crippen LogP) is 4.04. The highest BCUT2D eigenvalue weighted by Gasteiger charge is 2.13. The van der Waals surface area contributed by atoms with E-state index in [0.29, 0.717) is 17.5 Å². The molecule has 0 saturated heterocycles. The second-order valence-corrected chi connectivity index (χ2v) is 6.54. The van der Waals surface area contributed by atoms with Crippen LogP contribution in [0.25, 0.3) is 21.3 Å². The molecule has 0 aliphatic heterocycles. The molecule has 2 aromatic heterocycles. The first-order valence-corrected chi connectivity index (χ1v) is 8.65. The molecule has 0 amide bonds. The Hall–Kier alpha value is -3.23. The van der Waals surface area contributed by atoms with Gasteiger partial charge in [-0.25, -0.2) is 4.98 Å². The predicted molar refractivity (Wildman–Crippen MR) is 99.6 cm³/mol. The molecular formula is C20H13N3OS. The Morgan fingerprint density at radius 1 is 1.12 bits per heavy atom. The molecule has 0 aliphatic rings. The lowest BCUT2D eigenvalue weighted by atomic mass is 10.1. The quantitative estimate of drug-likeness (QED) is 0.564. The van der Waals surface area contributed by atoms with Crippen molar-refractivity contribution in [1.29, 1.82) is 5.26 Å². The number of aromatic nitrogens is 2. The van der Waals surface area contributed by atoms with Crippen LogP contribution in [0.1, 0.15) is 11.1 Å². The van der Waals surface area contributed by atoms with E-state index in [9.17, 15) is 4.79 Å². The van der Waals surface area contributed by atoms with Crippen LogP contribution in [0.3, 0.4) is 0 Å². The number of fused-ring (bicyclic) bond motifs is 1. The fourth-order valence-corrected chi connectivity index (χ4v) is 3.75. The fourth-order valence-electron chi connectivity index (χ4n) is 2.85. The van der Waals surface area contributed by atoms with E-state index in [4.69, 9.17) is 5.26 Å². The average molecular weight is 343 g/mol. The third-order valence-corrected chi connectivity index (χ3v) is 4.94. The number of rotatable bonds is 3. The summed E-state index contributed by atoms with van der Waals surface area (Å²) in [5.74, 6) is 0. The smallest absolute Gasteiger partial charge is 0.263 e. The summed E-state index contributed by atoms with van der Waals surface area (Å²) < 4.78 is 1.60. The standard InChI is InChI=1S/C20H13N3OS/c21-10-14-5-4-6-15(9-14)11-23-13-22-19-18(20(23)24)17(12-25-19)16-7-2-1-3-8-16/h1-9,12-13H,11H2. The molecule has 0 saturated carbocycles. The Morgan fingerprint density at radius 3 is 2.76 bits per heavy atom. The van der Waals surface area contributed by atoms with Crippen molar-refractivity contribution in [1.82, 2.24) is 9.55 Å². The molecular weight excluding hydrogens is 330 g/mol. The van der Waals surface area contributed by atoms with Crippen LogP contribution < -0.4 is 5.56 Å². The van der Waals surface area contributed by atoms with Gasteiger partial charge in [-0.3, -0.25) is 9.36 Å². The highest BCUT2D eigenvalue weighted by Crippen LogP contribution is 2.30. The van der Waals surface area contributed by atoms with Crippen LogP contribution >= 0.6 is 11.3 Å². The first-order valence-electron chi connectivity index (χ1n) is 7.77. The third kappa shape index (κ3) is 2.84. The van der Waals surface area contributed by atoms with Gasteiger partial charge in [0.25, 0.3) is 5.56 Å². The maximum Gasteiger partial charge on any atom is 0.263 e. The van der Waals surface area contributed by atoms with E-state index in [1.807, 2.05) is 47.8 Å². The summed E-state index contributed by atoms with van der Waals surface area (Å²) in [5, 5.41) is 11.7. The second-order valence-electron chi connectivity index (χ2n) is 5.69. The van der Waals surface area contributed by atoms with Gasteiger partial charge in [0, 0.05) is 10.9 Å². The first kappa shape index (κ1) is 15.3. The summed E-state index contributed by atoms with van der Waals surface area (Å²) in [5.41, 5.74) is 3.35. The molecule has 5 heteroatoms. The summed E-state index contributed by atoms with van der Waals surface area (Å²) in [4.78, 5) is 18.2. The highest BCUT2D eigenvalue weighted by molar-refractivity contribution is 7.17. The normalized spacial score (nSPS) is 10.7. The van der Waals surface area contributed by atoms with Gasteiger partial charge in [-0.2, -0.15) is 5.26 Å². The van der Waals surface area contributed by atoms with Crippen LogP contribution in [0, 0.1) is 11.3 Å². The van der Waals surface area contributed by atoms with Gasteiger partial charge in [-0.05, 0) is 23.3 Å². The molecule has 0 N–H and O–H groups in total. The minimum absolute atomic E-state index is 0.0625. The zero-order valence-electron chi connectivity index (χ0n) is 13.2. The molecule has 0 unspecified atom stereocenters. The van der Waals surface area contributed by atoms with Crippen molar-refractivity contribution in [2.75, 3.05) is 0 Å². The van der Waals surface area contributed by atoms with Gasteiger partial charge in [0.1, 0.15) is 4.83 Å². The lowest BCUT2D eigenvalue weighted by Crippen LogP contribution is -2.21. The van der Waals surface area contributed by atoms with Crippen molar-refractivity contribution in [3.05, 3.63) is 87.8 Å². The van der Waals surface area contributed by atoms with Gasteiger partial charge >= 0.3 is 0 Å². The topological polar surface area (TPSA) is 58.7 Å². The summed E-state index contributed by atoms with van der Waals surface area (Å²) in [6, 6.07) is 19.3. The summed E-state index contributed by atoms with van der Waals surface area (Å²) in [7, 11) is 0. The van der Waals surface area contributed by atoms with Crippen LogP contribution in [0.15, 0.2) is 71.1 Å². The molecule has 0 atom stereocenters. The molecule has 0 fully saturated rings. The van der Waals surface area contributed by atoms with Gasteiger partial charge in [0.05, 0.1) is 29.9 Å². The number of hydrogen-bond donors (Lipinski definition) is 0. The maximum absolute atomic E-state index is 13.0. The molecule has 0 radical (unpaired) electrons. The Bertz CT molecular complexity index is 1150. The molecule has 25 heavy (non-hydrogen) atoms. The van der Waals surface area contributed by atoms with Crippen molar-refractivity contribution in [2.45, 2.75) is 6.54 Å². The zero-order chi connectivity index (χ0) is 17.2. The molecule has 2 aromatic carbocycles. The zero-order valence-corrected chi connectivity index (χ0v) is 14.0. The van der Waals surface area contributed by atoms with E-state index in [-0.39, 0.29) is 5.56 Å². The largest absolute Gasteiger partial charge is 0.294 e. The van der Waals surface area contributed by atoms with E-state index in [1.165, 1.54) is 11.3 Å². The van der Waals surface area contributed by atoms with Gasteiger partial charge in [-0.1, -0.05) is 42.5 Å². The number of thiophene rings is 1. The van der Waals surface area contributed by atoms with E-state index < -0.39 is 0 Å². The molecule has 0 aliphatic carbocycles. The summed E-state index contributed by atoms with van der Waals surface area (Å²) in [6.45, 7) is 0.390. The Morgan fingerprint density at radius 2 is 1.96 bits per heavy atom. The van der Waals surface area contributed by atoms with Gasteiger partial charge in [-0.15, -0.1) is 11.3 Å². The molecule has 4 nitrogen and oxygen atoms in total. The van der Waals surface area contributed by atoms with Crippen molar-refractivity contribution >= 4 is 21.6 Å². The van der Waals surface area contributed by atoms with Crippen molar-refractivity contribution in [2.24, 2.45) is 0 Å². The van der Waals surface area contributed by atoms with E-state index >= 15 is 0 Å². The number of benzene rings is 2. The Kier molecular flexibility index (Phi) is 3.88. The Balaban J connectivity index is 1.82. The lowest BCUT2D eigenvalue weighted by Gasteiger charge is -2.07. The van der Waals surface area contributed by atoms with Gasteiger partial charge < -0.3 is 0 Å². The third-order valence-electron chi connectivity index (χ3n) is 4.05. The second kappa shape index (κ2) is 6.34. The van der Waals surface area contributed by atoms with E-state index in [1.54, 1.807) is 23.0 Å². The molecule has 4 rings (SSSR count). The summed E-state index contributed by atoms with van der Waals surface area (Å²) >= 11 is 1.48.